The monoisotopic (exact) mass is 270 g/mol. The minimum atomic E-state index is 0.116. The van der Waals surface area contributed by atoms with Gasteiger partial charge >= 0.3 is 0 Å². The number of rotatable bonds is 3. The van der Waals surface area contributed by atoms with E-state index in [0.717, 1.165) is 37.6 Å². The van der Waals surface area contributed by atoms with Crippen LogP contribution in [0, 0.1) is 12.3 Å². The number of nitrogen functional groups attached to an aromatic ring is 1. The first-order valence-corrected chi connectivity index (χ1v) is 6.66. The molecule has 6 nitrogen and oxygen atoms in total. The molecule has 1 aliphatic heterocycles. The van der Waals surface area contributed by atoms with E-state index in [1.54, 1.807) is 6.33 Å². The van der Waals surface area contributed by atoms with E-state index in [4.69, 9.17) is 11.1 Å². The predicted octanol–water partition coefficient (Wildman–Crippen LogP) is 0.886. The van der Waals surface area contributed by atoms with Crippen molar-refractivity contribution in [2.24, 2.45) is 5.73 Å². The summed E-state index contributed by atoms with van der Waals surface area (Å²) >= 11 is 0. The van der Waals surface area contributed by atoms with Gasteiger partial charge < -0.3 is 10.3 Å². The van der Waals surface area contributed by atoms with Crippen LogP contribution in [-0.4, -0.2) is 32.0 Å². The number of nitrogens with zero attached hydrogens (tertiary/aromatic N) is 4. The van der Waals surface area contributed by atoms with Gasteiger partial charge in [-0.15, -0.1) is 10.2 Å². The van der Waals surface area contributed by atoms with Gasteiger partial charge in [-0.3, -0.25) is 10.3 Å². The first-order chi connectivity index (χ1) is 9.63. The first-order valence-electron chi connectivity index (χ1n) is 6.66. The SMILES string of the molecule is Cc1cc(C(=N)N)ccc1CN1CCn2cnnc2C1. The van der Waals surface area contributed by atoms with E-state index in [0.29, 0.717) is 0 Å². The van der Waals surface area contributed by atoms with Gasteiger partial charge in [0.25, 0.3) is 0 Å². The van der Waals surface area contributed by atoms with Crippen molar-refractivity contribution in [1.29, 1.82) is 5.41 Å². The molecule has 0 atom stereocenters. The second-order valence-electron chi connectivity index (χ2n) is 5.21. The summed E-state index contributed by atoms with van der Waals surface area (Å²) in [6, 6.07) is 5.95. The highest BCUT2D eigenvalue weighted by Crippen LogP contribution is 2.17. The van der Waals surface area contributed by atoms with Crippen LogP contribution in [0.1, 0.15) is 22.5 Å². The second-order valence-corrected chi connectivity index (χ2v) is 5.21. The van der Waals surface area contributed by atoms with Gasteiger partial charge in [0.15, 0.2) is 0 Å². The van der Waals surface area contributed by atoms with Gasteiger partial charge in [0, 0.05) is 25.2 Å². The van der Waals surface area contributed by atoms with Crippen LogP contribution in [0.15, 0.2) is 24.5 Å². The first kappa shape index (κ1) is 12.8. The molecule has 0 fully saturated rings. The van der Waals surface area contributed by atoms with Gasteiger partial charge in [-0.2, -0.15) is 0 Å². The number of aromatic nitrogens is 3. The number of fused-ring (bicyclic) bond motifs is 1. The van der Waals surface area contributed by atoms with Crippen molar-refractivity contribution in [3.63, 3.8) is 0 Å². The Labute approximate surface area is 117 Å². The summed E-state index contributed by atoms with van der Waals surface area (Å²) in [6.07, 6.45) is 1.79. The number of hydrogen-bond donors (Lipinski definition) is 2. The Morgan fingerprint density at radius 3 is 3.00 bits per heavy atom. The van der Waals surface area contributed by atoms with Crippen molar-refractivity contribution in [2.45, 2.75) is 26.6 Å². The zero-order valence-electron chi connectivity index (χ0n) is 11.5. The van der Waals surface area contributed by atoms with Crippen molar-refractivity contribution in [1.82, 2.24) is 19.7 Å². The van der Waals surface area contributed by atoms with E-state index in [2.05, 4.69) is 32.7 Å². The van der Waals surface area contributed by atoms with E-state index in [1.807, 2.05) is 12.1 Å². The van der Waals surface area contributed by atoms with Gasteiger partial charge in [-0.05, 0) is 24.1 Å². The summed E-state index contributed by atoms with van der Waals surface area (Å²) in [7, 11) is 0. The number of aryl methyl sites for hydroxylation is 1. The highest BCUT2D eigenvalue weighted by atomic mass is 15.3. The van der Waals surface area contributed by atoms with Crippen LogP contribution < -0.4 is 5.73 Å². The molecule has 20 heavy (non-hydrogen) atoms. The standard InChI is InChI=1S/C14H18N6/c1-10-6-11(14(15)16)2-3-12(10)7-19-4-5-20-9-17-18-13(20)8-19/h2-3,6,9H,4-5,7-8H2,1H3,(H3,15,16). The summed E-state index contributed by atoms with van der Waals surface area (Å²) in [5.41, 5.74) is 8.73. The van der Waals surface area contributed by atoms with Crippen LogP contribution in [0.2, 0.25) is 0 Å². The normalized spacial score (nSPS) is 15.1. The largest absolute Gasteiger partial charge is 0.384 e. The number of benzene rings is 1. The molecule has 0 radical (unpaired) electrons. The maximum atomic E-state index is 7.47. The molecule has 0 spiro atoms. The Hall–Kier alpha value is -2.21. The number of nitrogens with two attached hydrogens (primary N) is 1. The Morgan fingerprint density at radius 1 is 1.40 bits per heavy atom. The molecular formula is C14H18N6. The summed E-state index contributed by atoms with van der Waals surface area (Å²) < 4.78 is 2.10. The summed E-state index contributed by atoms with van der Waals surface area (Å²) in [5, 5.41) is 15.5. The Morgan fingerprint density at radius 2 is 2.25 bits per heavy atom. The fourth-order valence-corrected chi connectivity index (χ4v) is 2.53. The van der Waals surface area contributed by atoms with Crippen molar-refractivity contribution >= 4 is 5.84 Å². The molecule has 2 aromatic rings. The lowest BCUT2D eigenvalue weighted by Crippen LogP contribution is -2.33. The van der Waals surface area contributed by atoms with Gasteiger partial charge in [0.2, 0.25) is 0 Å². The third-order valence-electron chi connectivity index (χ3n) is 3.77. The maximum absolute atomic E-state index is 7.47. The van der Waals surface area contributed by atoms with Crippen molar-refractivity contribution in [3.8, 4) is 0 Å². The fraction of sp³-hybridized carbons (Fsp3) is 0.357. The molecule has 104 valence electrons. The van der Waals surface area contributed by atoms with Crippen LogP contribution in [0.3, 0.4) is 0 Å². The summed E-state index contributed by atoms with van der Waals surface area (Å²) in [4.78, 5) is 2.36. The quantitative estimate of drug-likeness (QED) is 0.641. The molecular weight excluding hydrogens is 252 g/mol. The Balaban J connectivity index is 1.74. The number of hydrogen-bond acceptors (Lipinski definition) is 4. The van der Waals surface area contributed by atoms with E-state index >= 15 is 0 Å². The molecule has 1 aromatic carbocycles. The van der Waals surface area contributed by atoms with Crippen LogP contribution >= 0.6 is 0 Å². The molecule has 0 saturated carbocycles. The highest BCUT2D eigenvalue weighted by Gasteiger charge is 2.18. The molecule has 3 rings (SSSR count). The van der Waals surface area contributed by atoms with Gasteiger partial charge in [0.05, 0.1) is 6.54 Å². The lowest BCUT2D eigenvalue weighted by atomic mass is 10.0. The zero-order valence-corrected chi connectivity index (χ0v) is 11.5. The number of nitrogens with one attached hydrogen (secondary N) is 1. The second kappa shape index (κ2) is 5.05. The minimum absolute atomic E-state index is 0.116. The van der Waals surface area contributed by atoms with E-state index in [1.165, 1.54) is 11.1 Å². The van der Waals surface area contributed by atoms with Crippen LogP contribution in [-0.2, 0) is 19.6 Å². The predicted molar refractivity (Wildman–Crippen MR) is 76.3 cm³/mol. The molecule has 0 unspecified atom stereocenters. The van der Waals surface area contributed by atoms with Crippen LogP contribution in [0.5, 0.6) is 0 Å². The third kappa shape index (κ3) is 2.42. The molecule has 6 heteroatoms. The smallest absolute Gasteiger partial charge is 0.147 e. The molecule has 3 N–H and O–H groups in total. The zero-order chi connectivity index (χ0) is 14.1. The Bertz CT molecular complexity index is 645. The third-order valence-corrected chi connectivity index (χ3v) is 3.77. The molecule has 2 heterocycles. The Kier molecular flexibility index (Phi) is 3.23. The number of amidine groups is 1. The summed E-state index contributed by atoms with van der Waals surface area (Å²) in [5.74, 6) is 1.14. The average molecular weight is 270 g/mol. The average Bonchev–Trinajstić information content (AvgIpc) is 2.88. The van der Waals surface area contributed by atoms with Crippen molar-refractivity contribution in [3.05, 3.63) is 47.0 Å². The van der Waals surface area contributed by atoms with E-state index < -0.39 is 0 Å². The van der Waals surface area contributed by atoms with Crippen LogP contribution in [0.4, 0.5) is 0 Å². The molecule has 1 aliphatic rings. The minimum Gasteiger partial charge on any atom is -0.384 e. The van der Waals surface area contributed by atoms with Gasteiger partial charge in [-0.25, -0.2) is 0 Å². The fourth-order valence-electron chi connectivity index (χ4n) is 2.53. The molecule has 1 aromatic heterocycles. The summed E-state index contributed by atoms with van der Waals surface area (Å²) in [6.45, 7) is 5.71. The molecule has 0 aliphatic carbocycles. The molecule has 0 bridgehead atoms. The lowest BCUT2D eigenvalue weighted by Gasteiger charge is -2.27. The molecule has 0 amide bonds. The lowest BCUT2D eigenvalue weighted by molar-refractivity contribution is 0.208. The maximum Gasteiger partial charge on any atom is 0.147 e. The van der Waals surface area contributed by atoms with E-state index in [-0.39, 0.29) is 5.84 Å². The van der Waals surface area contributed by atoms with E-state index in [9.17, 15) is 0 Å². The molecule has 0 saturated heterocycles. The topological polar surface area (TPSA) is 83.8 Å². The van der Waals surface area contributed by atoms with Gasteiger partial charge in [0.1, 0.15) is 18.0 Å². The van der Waals surface area contributed by atoms with Crippen LogP contribution in [0.25, 0.3) is 0 Å². The van der Waals surface area contributed by atoms with Crippen molar-refractivity contribution < 1.29 is 0 Å². The highest BCUT2D eigenvalue weighted by molar-refractivity contribution is 5.95. The van der Waals surface area contributed by atoms with Crippen molar-refractivity contribution in [2.75, 3.05) is 6.54 Å². The van der Waals surface area contributed by atoms with Gasteiger partial charge in [-0.1, -0.05) is 12.1 Å².